The minimum atomic E-state index is -3.43. The molecule has 0 aliphatic carbocycles. The summed E-state index contributed by atoms with van der Waals surface area (Å²) in [7, 11) is -1.76. The third kappa shape index (κ3) is 5.09. The Balaban J connectivity index is 2.96. The SMILES string of the molecule is CCNCc1cccc(S(=O)(=O)N(C)C(C)CC(C)C)c1. The lowest BCUT2D eigenvalue weighted by Crippen LogP contribution is -2.36. The van der Waals surface area contributed by atoms with E-state index in [0.29, 0.717) is 17.4 Å². The van der Waals surface area contributed by atoms with Crippen LogP contribution in [0.5, 0.6) is 0 Å². The molecule has 0 aromatic heterocycles. The van der Waals surface area contributed by atoms with Gasteiger partial charge in [0.05, 0.1) is 4.90 Å². The lowest BCUT2D eigenvalue weighted by atomic mass is 10.1. The molecule has 0 bridgehead atoms. The Morgan fingerprint density at radius 2 is 1.90 bits per heavy atom. The third-order valence-corrected chi connectivity index (χ3v) is 5.56. The van der Waals surface area contributed by atoms with E-state index < -0.39 is 10.0 Å². The second-order valence-electron chi connectivity index (χ2n) is 5.93. The molecule has 0 saturated carbocycles. The van der Waals surface area contributed by atoms with Crippen molar-refractivity contribution in [2.75, 3.05) is 13.6 Å². The van der Waals surface area contributed by atoms with Gasteiger partial charge < -0.3 is 5.32 Å². The summed E-state index contributed by atoms with van der Waals surface area (Å²) in [6, 6.07) is 7.17. The fourth-order valence-corrected chi connectivity index (χ4v) is 3.76. The number of hydrogen-bond donors (Lipinski definition) is 1. The van der Waals surface area contributed by atoms with Gasteiger partial charge in [-0.05, 0) is 43.5 Å². The summed E-state index contributed by atoms with van der Waals surface area (Å²) in [6.45, 7) is 9.75. The van der Waals surface area contributed by atoms with Crippen molar-refractivity contribution in [3.8, 4) is 0 Å². The van der Waals surface area contributed by atoms with Gasteiger partial charge in [0.15, 0.2) is 0 Å². The second kappa shape index (κ2) is 7.92. The van der Waals surface area contributed by atoms with Crippen LogP contribution in [0.15, 0.2) is 29.2 Å². The standard InChI is InChI=1S/C16H28N2O2S/c1-6-17-12-15-8-7-9-16(11-15)21(19,20)18(5)14(4)10-13(2)3/h7-9,11,13-14,17H,6,10,12H2,1-5H3. The Hall–Kier alpha value is -0.910. The molecule has 1 aromatic rings. The van der Waals surface area contributed by atoms with Gasteiger partial charge in [0.1, 0.15) is 0 Å². The van der Waals surface area contributed by atoms with Gasteiger partial charge in [-0.15, -0.1) is 0 Å². The smallest absolute Gasteiger partial charge is 0.243 e. The van der Waals surface area contributed by atoms with Crippen molar-refractivity contribution < 1.29 is 8.42 Å². The molecule has 4 nitrogen and oxygen atoms in total. The lowest BCUT2D eigenvalue weighted by molar-refractivity contribution is 0.338. The number of nitrogens with one attached hydrogen (secondary N) is 1. The summed E-state index contributed by atoms with van der Waals surface area (Å²) >= 11 is 0. The zero-order valence-corrected chi connectivity index (χ0v) is 14.6. The van der Waals surface area contributed by atoms with Crippen molar-refractivity contribution in [1.29, 1.82) is 0 Å². The zero-order chi connectivity index (χ0) is 16.0. The summed E-state index contributed by atoms with van der Waals surface area (Å²) in [5.41, 5.74) is 0.989. The monoisotopic (exact) mass is 312 g/mol. The van der Waals surface area contributed by atoms with Crippen LogP contribution in [0.4, 0.5) is 0 Å². The molecule has 1 atom stereocenters. The summed E-state index contributed by atoms with van der Waals surface area (Å²) in [5.74, 6) is 0.470. The summed E-state index contributed by atoms with van der Waals surface area (Å²) in [4.78, 5) is 0.371. The van der Waals surface area contributed by atoms with E-state index in [1.807, 2.05) is 19.9 Å². The van der Waals surface area contributed by atoms with Crippen LogP contribution in [0, 0.1) is 5.92 Å². The van der Waals surface area contributed by atoms with Crippen molar-refractivity contribution in [2.45, 2.75) is 51.6 Å². The van der Waals surface area contributed by atoms with E-state index in [2.05, 4.69) is 19.2 Å². The summed E-state index contributed by atoms with van der Waals surface area (Å²) in [6.07, 6.45) is 0.854. The molecule has 0 saturated heterocycles. The molecule has 1 unspecified atom stereocenters. The Kier molecular flexibility index (Phi) is 6.84. The normalized spacial score (nSPS) is 13.9. The van der Waals surface area contributed by atoms with Crippen molar-refractivity contribution >= 4 is 10.0 Å². The molecule has 0 aliphatic rings. The Labute approximate surface area is 129 Å². The highest BCUT2D eigenvalue weighted by Crippen LogP contribution is 2.20. The molecule has 0 aliphatic heterocycles. The molecule has 0 heterocycles. The van der Waals surface area contributed by atoms with Gasteiger partial charge >= 0.3 is 0 Å². The van der Waals surface area contributed by atoms with Gasteiger partial charge in [0.25, 0.3) is 0 Å². The summed E-state index contributed by atoms with van der Waals surface area (Å²) in [5, 5.41) is 3.21. The summed E-state index contributed by atoms with van der Waals surface area (Å²) < 4.78 is 26.9. The van der Waals surface area contributed by atoms with E-state index >= 15 is 0 Å². The first-order chi connectivity index (χ1) is 9.78. The predicted molar refractivity (Wildman–Crippen MR) is 87.7 cm³/mol. The number of hydrogen-bond acceptors (Lipinski definition) is 3. The maximum Gasteiger partial charge on any atom is 0.243 e. The first-order valence-electron chi connectivity index (χ1n) is 7.56. The van der Waals surface area contributed by atoms with E-state index in [-0.39, 0.29) is 6.04 Å². The molecular weight excluding hydrogens is 284 g/mol. The van der Waals surface area contributed by atoms with Crippen LogP contribution in [-0.2, 0) is 16.6 Å². The average Bonchev–Trinajstić information content (AvgIpc) is 2.43. The largest absolute Gasteiger partial charge is 0.313 e. The van der Waals surface area contributed by atoms with Crippen LogP contribution >= 0.6 is 0 Å². The zero-order valence-electron chi connectivity index (χ0n) is 13.8. The Bertz CT molecular complexity index is 541. The van der Waals surface area contributed by atoms with Gasteiger partial charge in [-0.25, -0.2) is 8.42 Å². The maximum atomic E-state index is 12.7. The van der Waals surface area contributed by atoms with Crippen molar-refractivity contribution in [3.05, 3.63) is 29.8 Å². The predicted octanol–water partition coefficient (Wildman–Crippen LogP) is 2.85. The molecular formula is C16H28N2O2S. The van der Waals surface area contributed by atoms with E-state index in [1.54, 1.807) is 25.2 Å². The number of rotatable bonds is 8. The Morgan fingerprint density at radius 1 is 1.24 bits per heavy atom. The molecule has 1 N–H and O–H groups in total. The number of benzene rings is 1. The molecule has 1 aromatic carbocycles. The van der Waals surface area contributed by atoms with Crippen LogP contribution in [-0.4, -0.2) is 32.4 Å². The molecule has 0 spiro atoms. The highest BCUT2D eigenvalue weighted by molar-refractivity contribution is 7.89. The number of nitrogens with zero attached hydrogens (tertiary/aromatic N) is 1. The van der Waals surface area contributed by atoms with Gasteiger partial charge in [-0.1, -0.05) is 32.9 Å². The fraction of sp³-hybridized carbons (Fsp3) is 0.625. The second-order valence-corrected chi connectivity index (χ2v) is 7.93. The Morgan fingerprint density at radius 3 is 2.48 bits per heavy atom. The van der Waals surface area contributed by atoms with Crippen LogP contribution in [0.3, 0.4) is 0 Å². The van der Waals surface area contributed by atoms with E-state index in [0.717, 1.165) is 18.5 Å². The van der Waals surface area contributed by atoms with Crippen LogP contribution < -0.4 is 5.32 Å². The number of sulfonamides is 1. The quantitative estimate of drug-likeness (QED) is 0.803. The van der Waals surface area contributed by atoms with Gasteiger partial charge in [-0.3, -0.25) is 0 Å². The molecule has 1 rings (SSSR count). The van der Waals surface area contributed by atoms with Gasteiger partial charge in [0, 0.05) is 19.6 Å². The topological polar surface area (TPSA) is 49.4 Å². The molecule has 0 amide bonds. The van der Waals surface area contributed by atoms with Crippen molar-refractivity contribution in [1.82, 2.24) is 9.62 Å². The minimum absolute atomic E-state index is 0.00702. The first kappa shape index (κ1) is 18.1. The van der Waals surface area contributed by atoms with E-state index in [4.69, 9.17) is 0 Å². The lowest BCUT2D eigenvalue weighted by Gasteiger charge is -2.25. The average molecular weight is 312 g/mol. The molecule has 5 heteroatoms. The highest BCUT2D eigenvalue weighted by atomic mass is 32.2. The maximum absolute atomic E-state index is 12.7. The molecule has 0 radical (unpaired) electrons. The van der Waals surface area contributed by atoms with E-state index in [9.17, 15) is 8.42 Å². The van der Waals surface area contributed by atoms with Gasteiger partial charge in [0.2, 0.25) is 10.0 Å². The van der Waals surface area contributed by atoms with E-state index in [1.165, 1.54) is 4.31 Å². The molecule has 21 heavy (non-hydrogen) atoms. The molecule has 120 valence electrons. The first-order valence-corrected chi connectivity index (χ1v) is 9.00. The van der Waals surface area contributed by atoms with Crippen LogP contribution in [0.1, 0.15) is 39.7 Å². The van der Waals surface area contributed by atoms with Crippen molar-refractivity contribution in [2.24, 2.45) is 5.92 Å². The van der Waals surface area contributed by atoms with Gasteiger partial charge in [-0.2, -0.15) is 4.31 Å². The van der Waals surface area contributed by atoms with Crippen molar-refractivity contribution in [3.63, 3.8) is 0 Å². The van der Waals surface area contributed by atoms with Crippen LogP contribution in [0.2, 0.25) is 0 Å². The third-order valence-electron chi connectivity index (χ3n) is 3.59. The highest BCUT2D eigenvalue weighted by Gasteiger charge is 2.25. The fourth-order valence-electron chi connectivity index (χ4n) is 2.32. The molecule has 0 fully saturated rings. The van der Waals surface area contributed by atoms with Crippen LogP contribution in [0.25, 0.3) is 0 Å². The minimum Gasteiger partial charge on any atom is -0.313 e.